The maximum atomic E-state index is 11.0. The van der Waals surface area contributed by atoms with E-state index >= 15 is 0 Å². The molecular formula is C18H15N3O4S. The van der Waals surface area contributed by atoms with Gasteiger partial charge in [0, 0.05) is 0 Å². The van der Waals surface area contributed by atoms with Crippen LogP contribution in [0.1, 0.15) is 21.5 Å². The van der Waals surface area contributed by atoms with Gasteiger partial charge < -0.3 is 15.2 Å². The molecule has 2 aromatic rings. The average Bonchev–Trinajstić information content (AvgIpc) is 3.06. The topological polar surface area (TPSA) is 100 Å². The number of ether oxygens (including phenoxy) is 1. The number of hydrogen-bond donors (Lipinski definition) is 2. The van der Waals surface area contributed by atoms with Crippen molar-refractivity contribution in [1.29, 1.82) is 0 Å². The largest absolute Gasteiger partial charge is 0.489 e. The number of carboxylic acids is 1. The number of amides is 1. The molecule has 1 fully saturated rings. The lowest BCUT2D eigenvalue weighted by molar-refractivity contribution is -0.116. The number of nitrogens with zero attached hydrogens (tertiary/aromatic N) is 2. The highest BCUT2D eigenvalue weighted by atomic mass is 32.2. The maximum absolute atomic E-state index is 11.0. The van der Waals surface area contributed by atoms with Crippen LogP contribution in [0.5, 0.6) is 5.75 Å². The Labute approximate surface area is 153 Å². The summed E-state index contributed by atoms with van der Waals surface area (Å²) in [6.45, 7) is 0.277. The van der Waals surface area contributed by atoms with Crippen LogP contribution in [0.25, 0.3) is 0 Å². The fourth-order valence-electron chi connectivity index (χ4n) is 2.14. The Bertz CT molecular complexity index is 878. The highest BCUT2D eigenvalue weighted by Gasteiger charge is 2.15. The fraction of sp³-hybridized carbons (Fsp3) is 0.111. The minimum atomic E-state index is -0.963. The van der Waals surface area contributed by atoms with E-state index in [1.165, 1.54) is 11.8 Å². The molecule has 0 radical (unpaired) electrons. The van der Waals surface area contributed by atoms with Gasteiger partial charge in [0.1, 0.15) is 12.4 Å². The summed E-state index contributed by atoms with van der Waals surface area (Å²) >= 11 is 1.31. The fourth-order valence-corrected chi connectivity index (χ4v) is 2.77. The van der Waals surface area contributed by atoms with Gasteiger partial charge in [-0.15, -0.1) is 5.10 Å². The number of carbonyl (C=O) groups is 2. The maximum Gasteiger partial charge on any atom is 0.335 e. The molecule has 132 valence electrons. The summed E-state index contributed by atoms with van der Waals surface area (Å²) < 4.78 is 5.66. The lowest BCUT2D eigenvalue weighted by Crippen LogP contribution is -2.19. The van der Waals surface area contributed by atoms with E-state index in [1.807, 2.05) is 18.2 Å². The summed E-state index contributed by atoms with van der Waals surface area (Å²) in [5.41, 5.74) is 1.85. The van der Waals surface area contributed by atoms with Gasteiger partial charge in [0.15, 0.2) is 5.17 Å². The standard InChI is InChI=1S/C18H15N3O4S/c22-16-11-26-18(20-16)21-19-9-12-4-6-15(7-5-12)25-10-13-2-1-3-14(8-13)17(23)24/h1-9H,10-11H2,(H,23,24)(H,20,21,22). The Balaban J connectivity index is 1.55. The number of carbonyl (C=O) groups excluding carboxylic acids is 1. The summed E-state index contributed by atoms with van der Waals surface area (Å²) in [6.07, 6.45) is 1.58. The summed E-state index contributed by atoms with van der Waals surface area (Å²) in [6, 6.07) is 13.9. The molecule has 1 heterocycles. The Morgan fingerprint density at radius 3 is 2.77 bits per heavy atom. The number of carboxylic acid groups (broad SMARTS) is 1. The molecule has 3 rings (SSSR count). The molecule has 0 bridgehead atoms. The zero-order valence-corrected chi connectivity index (χ0v) is 14.4. The first kappa shape index (κ1) is 17.7. The van der Waals surface area contributed by atoms with Crippen LogP contribution < -0.4 is 10.1 Å². The molecule has 0 spiro atoms. The second-order valence-corrected chi connectivity index (χ2v) is 6.31. The molecule has 0 atom stereocenters. The van der Waals surface area contributed by atoms with Crippen LogP contribution in [0.3, 0.4) is 0 Å². The number of thioether (sulfide) groups is 1. The number of nitrogens with one attached hydrogen (secondary N) is 1. The monoisotopic (exact) mass is 369 g/mol. The van der Waals surface area contributed by atoms with Gasteiger partial charge in [0.2, 0.25) is 5.91 Å². The minimum Gasteiger partial charge on any atom is -0.489 e. The SMILES string of the molecule is O=C1CSC(=NN=Cc2ccc(OCc3cccc(C(=O)O)c3)cc2)N1. The predicted octanol–water partition coefficient (Wildman–Crippen LogP) is 2.52. The van der Waals surface area contributed by atoms with E-state index in [0.717, 1.165) is 11.1 Å². The van der Waals surface area contributed by atoms with Crippen LogP contribution in [-0.2, 0) is 11.4 Å². The van der Waals surface area contributed by atoms with Crippen molar-refractivity contribution in [2.45, 2.75) is 6.61 Å². The van der Waals surface area contributed by atoms with Crippen molar-refractivity contribution in [1.82, 2.24) is 5.32 Å². The number of aromatic carboxylic acids is 1. The third-order valence-corrected chi connectivity index (χ3v) is 4.26. The van der Waals surface area contributed by atoms with Crippen molar-refractivity contribution in [2.75, 3.05) is 5.75 Å². The summed E-state index contributed by atoms with van der Waals surface area (Å²) in [7, 11) is 0. The van der Waals surface area contributed by atoms with Gasteiger partial charge in [0.25, 0.3) is 0 Å². The molecule has 0 aliphatic carbocycles. The van der Waals surface area contributed by atoms with E-state index in [2.05, 4.69) is 15.5 Å². The van der Waals surface area contributed by atoms with E-state index in [-0.39, 0.29) is 18.1 Å². The van der Waals surface area contributed by atoms with Crippen LogP contribution >= 0.6 is 11.8 Å². The second-order valence-electron chi connectivity index (χ2n) is 5.35. The number of rotatable bonds is 6. The van der Waals surface area contributed by atoms with Crippen molar-refractivity contribution >= 4 is 35.0 Å². The molecule has 1 amide bonds. The van der Waals surface area contributed by atoms with Gasteiger partial charge >= 0.3 is 5.97 Å². The predicted molar refractivity (Wildman–Crippen MR) is 99.8 cm³/mol. The molecule has 1 aliphatic rings. The van der Waals surface area contributed by atoms with E-state index in [9.17, 15) is 9.59 Å². The Morgan fingerprint density at radius 2 is 2.08 bits per heavy atom. The van der Waals surface area contributed by atoms with Gasteiger partial charge in [-0.25, -0.2) is 4.79 Å². The number of hydrogen-bond acceptors (Lipinski definition) is 6. The molecule has 2 aromatic carbocycles. The third-order valence-electron chi connectivity index (χ3n) is 3.40. The summed E-state index contributed by atoms with van der Waals surface area (Å²) in [4.78, 5) is 22.0. The Kier molecular flexibility index (Phi) is 5.65. The van der Waals surface area contributed by atoms with Gasteiger partial charge in [-0.05, 0) is 47.5 Å². The van der Waals surface area contributed by atoms with Crippen LogP contribution in [-0.4, -0.2) is 34.1 Å². The van der Waals surface area contributed by atoms with Crippen molar-refractivity contribution in [3.63, 3.8) is 0 Å². The lowest BCUT2D eigenvalue weighted by atomic mass is 10.1. The zero-order chi connectivity index (χ0) is 18.4. The van der Waals surface area contributed by atoms with Crippen molar-refractivity contribution in [3.8, 4) is 5.75 Å². The van der Waals surface area contributed by atoms with Gasteiger partial charge in [-0.1, -0.05) is 23.9 Å². The molecular weight excluding hydrogens is 354 g/mol. The third kappa shape index (κ3) is 4.93. The molecule has 0 unspecified atom stereocenters. The molecule has 2 N–H and O–H groups in total. The molecule has 7 nitrogen and oxygen atoms in total. The Morgan fingerprint density at radius 1 is 1.27 bits per heavy atom. The quantitative estimate of drug-likeness (QED) is 0.602. The van der Waals surface area contributed by atoms with Gasteiger partial charge in [-0.3, -0.25) is 4.79 Å². The van der Waals surface area contributed by atoms with E-state index in [4.69, 9.17) is 9.84 Å². The van der Waals surface area contributed by atoms with Gasteiger partial charge in [-0.2, -0.15) is 5.10 Å². The molecule has 0 saturated carbocycles. The normalized spacial score (nSPS) is 15.4. The van der Waals surface area contributed by atoms with Crippen LogP contribution in [0.2, 0.25) is 0 Å². The van der Waals surface area contributed by atoms with Crippen LogP contribution in [0.4, 0.5) is 0 Å². The van der Waals surface area contributed by atoms with Crippen LogP contribution in [0.15, 0.2) is 58.7 Å². The van der Waals surface area contributed by atoms with Gasteiger partial charge in [0.05, 0.1) is 17.5 Å². The molecule has 1 saturated heterocycles. The molecule has 26 heavy (non-hydrogen) atoms. The first-order chi connectivity index (χ1) is 12.6. The highest BCUT2D eigenvalue weighted by molar-refractivity contribution is 8.15. The smallest absolute Gasteiger partial charge is 0.335 e. The second kappa shape index (κ2) is 8.30. The van der Waals surface area contributed by atoms with Crippen molar-refractivity contribution < 1.29 is 19.4 Å². The Hall–Kier alpha value is -3.13. The summed E-state index contributed by atoms with van der Waals surface area (Å²) in [5.74, 6) is -0.00255. The van der Waals surface area contributed by atoms with Crippen LogP contribution in [0, 0.1) is 0 Å². The zero-order valence-electron chi connectivity index (χ0n) is 13.6. The molecule has 0 aromatic heterocycles. The van der Waals surface area contributed by atoms with Crippen molar-refractivity contribution in [3.05, 3.63) is 65.2 Å². The van der Waals surface area contributed by atoms with E-state index in [1.54, 1.807) is 36.5 Å². The first-order valence-electron chi connectivity index (χ1n) is 7.69. The lowest BCUT2D eigenvalue weighted by Gasteiger charge is -2.07. The number of amidine groups is 1. The van der Waals surface area contributed by atoms with E-state index < -0.39 is 5.97 Å². The molecule has 1 aliphatic heterocycles. The highest BCUT2D eigenvalue weighted by Crippen LogP contribution is 2.15. The first-order valence-corrected chi connectivity index (χ1v) is 8.67. The minimum absolute atomic E-state index is 0.0701. The average molecular weight is 369 g/mol. The van der Waals surface area contributed by atoms with Crippen molar-refractivity contribution in [2.24, 2.45) is 10.2 Å². The molecule has 8 heteroatoms. The number of benzene rings is 2. The van der Waals surface area contributed by atoms with E-state index in [0.29, 0.717) is 16.7 Å². The summed E-state index contributed by atoms with van der Waals surface area (Å²) in [5, 5.41) is 20.0.